The molecule has 0 fully saturated rings. The lowest BCUT2D eigenvalue weighted by molar-refractivity contribution is 0.0523. The Kier molecular flexibility index (Phi) is 6.37. The summed E-state index contributed by atoms with van der Waals surface area (Å²) >= 11 is 0. The van der Waals surface area contributed by atoms with Gasteiger partial charge >= 0.3 is 5.97 Å². The number of hydrogen-bond donors (Lipinski definition) is 0. The summed E-state index contributed by atoms with van der Waals surface area (Å²) in [4.78, 5) is 41.6. The van der Waals surface area contributed by atoms with Crippen LogP contribution in [0.2, 0.25) is 0 Å². The Labute approximate surface area is 198 Å². The van der Waals surface area contributed by atoms with E-state index in [1.807, 2.05) is 41.0 Å². The summed E-state index contributed by atoms with van der Waals surface area (Å²) in [5.41, 5.74) is 2.49. The second-order valence-corrected chi connectivity index (χ2v) is 9.42. The van der Waals surface area contributed by atoms with Gasteiger partial charge in [0.2, 0.25) is 0 Å². The molecule has 1 aliphatic heterocycles. The first-order chi connectivity index (χ1) is 16.2. The largest absolute Gasteiger partial charge is 0.487 e. The molecule has 0 bridgehead atoms. The van der Waals surface area contributed by atoms with Crippen molar-refractivity contribution in [1.29, 1.82) is 0 Å². The topological polar surface area (TPSA) is 87.5 Å². The van der Waals surface area contributed by atoms with Gasteiger partial charge in [-0.2, -0.15) is 0 Å². The Balaban J connectivity index is 1.82. The Bertz CT molecular complexity index is 1290. The monoisotopic (exact) mass is 460 g/mol. The summed E-state index contributed by atoms with van der Waals surface area (Å²) in [5.74, 6) is -0.239. The molecule has 0 saturated carbocycles. The second-order valence-electron chi connectivity index (χ2n) is 9.42. The molecule has 4 rings (SSSR count). The number of aromatic nitrogens is 2. The molecule has 0 radical (unpaired) electrons. The number of benzene rings is 1. The molecule has 7 heteroatoms. The zero-order valence-electron chi connectivity index (χ0n) is 19.8. The molecule has 176 valence electrons. The average molecular weight is 461 g/mol. The van der Waals surface area contributed by atoms with E-state index in [0.717, 1.165) is 11.1 Å². The number of hydrogen-bond acceptors (Lipinski definition) is 6. The van der Waals surface area contributed by atoms with E-state index >= 15 is 0 Å². The van der Waals surface area contributed by atoms with E-state index in [2.05, 4.69) is 25.8 Å². The maximum absolute atomic E-state index is 12.8. The predicted octanol–water partition coefficient (Wildman–Crippen LogP) is 4.62. The number of carbonyl (C=O) groups is 2. The number of aldehydes is 1. The molecule has 1 atom stereocenters. The summed E-state index contributed by atoms with van der Waals surface area (Å²) in [6.07, 6.45) is 2.83. The summed E-state index contributed by atoms with van der Waals surface area (Å²) in [6.45, 7) is 8.51. The maximum Gasteiger partial charge on any atom is 0.343 e. The Morgan fingerprint density at radius 1 is 1.21 bits per heavy atom. The SMILES string of the molecule is CCOC(=O)c1cn2c(cc1=O)-c1nc(C=O)c(OCc3ccccc3)cc1C[C@H]2C(C)(C)C. The fourth-order valence-electron chi connectivity index (χ4n) is 4.25. The highest BCUT2D eigenvalue weighted by Crippen LogP contribution is 2.43. The quantitative estimate of drug-likeness (QED) is 0.394. The number of fused-ring (bicyclic) bond motifs is 3. The van der Waals surface area contributed by atoms with Gasteiger partial charge in [0.25, 0.3) is 0 Å². The molecule has 2 aromatic heterocycles. The van der Waals surface area contributed by atoms with Crippen LogP contribution in [0.25, 0.3) is 11.4 Å². The van der Waals surface area contributed by atoms with Crippen LogP contribution in [0.1, 0.15) is 65.7 Å². The number of carbonyl (C=O) groups excluding carboxylic acids is 2. The lowest BCUT2D eigenvalue weighted by Crippen LogP contribution is -2.33. The standard InChI is InChI=1S/C27H28N2O5/c1-5-33-26(32)19-14-29-21(13-22(19)31)25-18(12-24(29)27(2,3)4)11-23(20(15-30)28-25)34-16-17-9-7-6-8-10-17/h6-11,13-15,24H,5,12,16H2,1-4H3/t24-/m0/s1. The van der Waals surface area contributed by atoms with Crippen molar-refractivity contribution in [2.24, 2.45) is 5.41 Å². The summed E-state index contributed by atoms with van der Waals surface area (Å²) in [6, 6.07) is 12.9. The van der Waals surface area contributed by atoms with Gasteiger partial charge in [-0.05, 0) is 36.0 Å². The minimum Gasteiger partial charge on any atom is -0.487 e. The molecule has 3 heterocycles. The van der Waals surface area contributed by atoms with Crippen LogP contribution in [0.15, 0.2) is 53.5 Å². The van der Waals surface area contributed by atoms with Gasteiger partial charge in [-0.3, -0.25) is 9.59 Å². The van der Waals surface area contributed by atoms with Crippen LogP contribution in [0.5, 0.6) is 5.75 Å². The van der Waals surface area contributed by atoms with Crippen LogP contribution < -0.4 is 10.2 Å². The molecule has 0 unspecified atom stereocenters. The van der Waals surface area contributed by atoms with E-state index in [9.17, 15) is 14.4 Å². The summed E-state index contributed by atoms with van der Waals surface area (Å²) in [7, 11) is 0. The van der Waals surface area contributed by atoms with Gasteiger partial charge in [-0.1, -0.05) is 51.1 Å². The number of nitrogens with zero attached hydrogens (tertiary/aromatic N) is 2. The zero-order chi connectivity index (χ0) is 24.5. The smallest absolute Gasteiger partial charge is 0.343 e. The number of ether oxygens (including phenoxy) is 2. The van der Waals surface area contributed by atoms with Gasteiger partial charge in [-0.15, -0.1) is 0 Å². The van der Waals surface area contributed by atoms with Crippen LogP contribution >= 0.6 is 0 Å². The van der Waals surface area contributed by atoms with Gasteiger partial charge in [0.05, 0.1) is 18.0 Å². The molecule has 1 aromatic carbocycles. The minimum absolute atomic E-state index is 0.0123. The van der Waals surface area contributed by atoms with E-state index in [1.165, 1.54) is 6.07 Å². The summed E-state index contributed by atoms with van der Waals surface area (Å²) < 4.78 is 13.0. The van der Waals surface area contributed by atoms with Crippen molar-refractivity contribution in [3.8, 4) is 17.1 Å². The third kappa shape index (κ3) is 4.51. The summed E-state index contributed by atoms with van der Waals surface area (Å²) in [5, 5.41) is 0. The van der Waals surface area contributed by atoms with Gasteiger partial charge in [0, 0.05) is 18.3 Å². The Hall–Kier alpha value is -3.74. The fraction of sp³-hybridized carbons (Fsp3) is 0.333. The van der Waals surface area contributed by atoms with Crippen LogP contribution in [-0.2, 0) is 17.8 Å². The molecule has 34 heavy (non-hydrogen) atoms. The predicted molar refractivity (Wildman–Crippen MR) is 128 cm³/mol. The normalized spacial score (nSPS) is 14.6. The van der Waals surface area contributed by atoms with Gasteiger partial charge < -0.3 is 14.0 Å². The van der Waals surface area contributed by atoms with Crippen molar-refractivity contribution in [2.45, 2.75) is 46.8 Å². The maximum atomic E-state index is 12.8. The highest BCUT2D eigenvalue weighted by atomic mass is 16.5. The molecule has 7 nitrogen and oxygen atoms in total. The second kappa shape index (κ2) is 9.25. The number of rotatable bonds is 6. The molecule has 0 aliphatic carbocycles. The van der Waals surface area contributed by atoms with Crippen molar-refractivity contribution in [3.63, 3.8) is 0 Å². The van der Waals surface area contributed by atoms with E-state index in [-0.39, 0.29) is 29.3 Å². The lowest BCUT2D eigenvalue weighted by Gasteiger charge is -2.38. The highest BCUT2D eigenvalue weighted by Gasteiger charge is 2.35. The van der Waals surface area contributed by atoms with Crippen molar-refractivity contribution in [2.75, 3.05) is 6.61 Å². The van der Waals surface area contributed by atoms with Gasteiger partial charge in [-0.25, -0.2) is 9.78 Å². The van der Waals surface area contributed by atoms with E-state index in [4.69, 9.17) is 9.47 Å². The third-order valence-corrected chi connectivity index (χ3v) is 6.01. The molecule has 1 aliphatic rings. The molecule has 0 N–H and O–H groups in total. The third-order valence-electron chi connectivity index (χ3n) is 6.01. The van der Waals surface area contributed by atoms with Crippen molar-refractivity contribution in [3.05, 3.63) is 81.3 Å². The van der Waals surface area contributed by atoms with Gasteiger partial charge in [0.1, 0.15) is 23.6 Å². The Morgan fingerprint density at radius 3 is 2.59 bits per heavy atom. The van der Waals surface area contributed by atoms with E-state index in [1.54, 1.807) is 13.1 Å². The molecule has 0 spiro atoms. The zero-order valence-corrected chi connectivity index (χ0v) is 19.8. The average Bonchev–Trinajstić information content (AvgIpc) is 2.81. The Morgan fingerprint density at radius 2 is 1.94 bits per heavy atom. The first-order valence-corrected chi connectivity index (χ1v) is 11.3. The minimum atomic E-state index is -0.646. The van der Waals surface area contributed by atoms with Crippen LogP contribution in [0.4, 0.5) is 0 Å². The van der Waals surface area contributed by atoms with Crippen LogP contribution in [0.3, 0.4) is 0 Å². The number of esters is 1. The van der Waals surface area contributed by atoms with E-state index < -0.39 is 11.4 Å². The van der Waals surface area contributed by atoms with Crippen molar-refractivity contribution < 1.29 is 19.1 Å². The van der Waals surface area contributed by atoms with Crippen LogP contribution in [-0.4, -0.2) is 28.4 Å². The molecule has 0 amide bonds. The van der Waals surface area contributed by atoms with E-state index in [0.29, 0.717) is 36.5 Å². The molecular formula is C27H28N2O5. The van der Waals surface area contributed by atoms with Crippen molar-refractivity contribution in [1.82, 2.24) is 9.55 Å². The van der Waals surface area contributed by atoms with Crippen molar-refractivity contribution >= 4 is 12.3 Å². The first-order valence-electron chi connectivity index (χ1n) is 11.3. The van der Waals surface area contributed by atoms with Gasteiger partial charge in [0.15, 0.2) is 11.7 Å². The first kappa shape index (κ1) is 23.4. The molecular weight excluding hydrogens is 432 g/mol. The lowest BCUT2D eigenvalue weighted by atomic mass is 9.79. The molecule has 0 saturated heterocycles. The number of pyridine rings is 2. The highest BCUT2D eigenvalue weighted by molar-refractivity contribution is 5.89. The van der Waals surface area contributed by atoms with Crippen LogP contribution in [0, 0.1) is 5.41 Å². The fourth-order valence-corrected chi connectivity index (χ4v) is 4.25. The molecule has 3 aromatic rings.